The van der Waals surface area contributed by atoms with Crippen LogP contribution in [-0.4, -0.2) is 23.4 Å². The molecule has 1 aliphatic rings. The molecule has 0 fully saturated rings. The van der Waals surface area contributed by atoms with Crippen molar-refractivity contribution in [3.63, 3.8) is 0 Å². The van der Waals surface area contributed by atoms with Gasteiger partial charge in [-0.05, 0) is 36.4 Å². The molecule has 0 atom stereocenters. The molecule has 2 heterocycles. The number of nitrogens with one attached hydrogen (secondary N) is 3. The third-order valence-corrected chi connectivity index (χ3v) is 3.34. The second-order valence-electron chi connectivity index (χ2n) is 4.63. The van der Waals surface area contributed by atoms with Gasteiger partial charge in [-0.1, -0.05) is 11.6 Å². The molecule has 3 rings (SSSR count). The van der Waals surface area contributed by atoms with Crippen LogP contribution in [0.3, 0.4) is 0 Å². The topological polar surface area (TPSA) is 83.2 Å². The normalized spacial score (nSPS) is 12.7. The highest BCUT2D eigenvalue weighted by Gasteiger charge is 2.18. The van der Waals surface area contributed by atoms with Crippen molar-refractivity contribution in [1.82, 2.24) is 15.8 Å². The van der Waals surface area contributed by atoms with Crippen LogP contribution in [0.5, 0.6) is 5.75 Å². The quantitative estimate of drug-likeness (QED) is 0.740. The highest BCUT2D eigenvalue weighted by atomic mass is 35.5. The predicted octanol–water partition coefficient (Wildman–Crippen LogP) is 1.91. The number of halogens is 1. The molecule has 1 aromatic heterocycles. The van der Waals surface area contributed by atoms with Gasteiger partial charge in [0.2, 0.25) is 0 Å². The molecule has 0 bridgehead atoms. The van der Waals surface area contributed by atoms with Gasteiger partial charge < -0.3 is 9.72 Å². The Morgan fingerprint density at radius 2 is 2.00 bits per heavy atom. The van der Waals surface area contributed by atoms with E-state index in [2.05, 4.69) is 15.8 Å². The fraction of sp³-hybridized carbons (Fsp3) is 0.0667. The van der Waals surface area contributed by atoms with E-state index in [1.54, 1.807) is 42.6 Å². The Bertz CT molecular complexity index is 753. The number of aromatic amines is 1. The Morgan fingerprint density at radius 1 is 1.18 bits per heavy atom. The molecular weight excluding hydrogens is 306 g/mol. The van der Waals surface area contributed by atoms with Gasteiger partial charge in [0, 0.05) is 16.8 Å². The lowest BCUT2D eigenvalue weighted by atomic mass is 10.1. The molecule has 0 saturated carbocycles. The predicted molar refractivity (Wildman–Crippen MR) is 81.3 cm³/mol. The molecule has 0 aliphatic carbocycles. The summed E-state index contributed by atoms with van der Waals surface area (Å²) in [5.74, 6) is -0.207. The van der Waals surface area contributed by atoms with E-state index in [4.69, 9.17) is 16.3 Å². The lowest BCUT2D eigenvalue weighted by molar-refractivity contribution is -0.118. The maximum absolute atomic E-state index is 12.0. The minimum atomic E-state index is -0.439. The summed E-state index contributed by atoms with van der Waals surface area (Å²) in [6.45, 7) is 0.124. The zero-order valence-corrected chi connectivity index (χ0v) is 12.1. The van der Waals surface area contributed by atoms with E-state index in [0.29, 0.717) is 22.0 Å². The van der Waals surface area contributed by atoms with Crippen LogP contribution in [0.1, 0.15) is 16.1 Å². The summed E-state index contributed by atoms with van der Waals surface area (Å²) in [5, 5.41) is 0.556. The fourth-order valence-corrected chi connectivity index (χ4v) is 2.19. The zero-order chi connectivity index (χ0) is 15.5. The minimum Gasteiger partial charge on any atom is -0.488 e. The highest BCUT2D eigenvalue weighted by Crippen LogP contribution is 2.28. The van der Waals surface area contributed by atoms with Gasteiger partial charge in [-0.3, -0.25) is 20.4 Å². The minimum absolute atomic E-state index is 0.124. The molecular formula is C15H12ClN3O3. The largest absolute Gasteiger partial charge is 0.488 e. The number of hydrogen-bond acceptors (Lipinski definition) is 3. The van der Waals surface area contributed by atoms with E-state index in [1.807, 2.05) is 0 Å². The molecule has 2 amide bonds. The molecule has 112 valence electrons. The van der Waals surface area contributed by atoms with Crippen LogP contribution in [0.2, 0.25) is 5.02 Å². The molecule has 1 aliphatic heterocycles. The van der Waals surface area contributed by atoms with Crippen molar-refractivity contribution in [2.24, 2.45) is 0 Å². The average Bonchev–Trinajstić information content (AvgIpc) is 3.06. The molecule has 1 aromatic carbocycles. The van der Waals surface area contributed by atoms with Crippen molar-refractivity contribution in [2.75, 3.05) is 6.61 Å². The highest BCUT2D eigenvalue weighted by molar-refractivity contribution is 6.30. The lowest BCUT2D eigenvalue weighted by Gasteiger charge is -2.17. The van der Waals surface area contributed by atoms with Crippen LogP contribution in [0.15, 0.2) is 42.1 Å². The van der Waals surface area contributed by atoms with Gasteiger partial charge in [0.05, 0.1) is 5.57 Å². The van der Waals surface area contributed by atoms with E-state index in [0.717, 1.165) is 5.56 Å². The monoisotopic (exact) mass is 317 g/mol. The number of carbonyl (C=O) groups is 2. The van der Waals surface area contributed by atoms with E-state index >= 15 is 0 Å². The Balaban J connectivity index is 1.67. The first kappa shape index (κ1) is 14.2. The first-order valence-electron chi connectivity index (χ1n) is 6.50. The number of aromatic nitrogens is 1. The third-order valence-electron chi connectivity index (χ3n) is 3.11. The maximum Gasteiger partial charge on any atom is 0.286 e. The number of hydrogen-bond donors (Lipinski definition) is 3. The van der Waals surface area contributed by atoms with Gasteiger partial charge in [0.1, 0.15) is 18.1 Å². The van der Waals surface area contributed by atoms with Gasteiger partial charge in [0.15, 0.2) is 0 Å². The van der Waals surface area contributed by atoms with E-state index in [1.165, 1.54) is 0 Å². The average molecular weight is 318 g/mol. The summed E-state index contributed by atoms with van der Waals surface area (Å²) in [6.07, 6.45) is 3.30. The Labute approximate surface area is 131 Å². The van der Waals surface area contributed by atoms with Gasteiger partial charge in [0.25, 0.3) is 11.8 Å². The van der Waals surface area contributed by atoms with Crippen molar-refractivity contribution in [2.45, 2.75) is 0 Å². The summed E-state index contributed by atoms with van der Waals surface area (Å²) in [5.41, 5.74) is 6.14. The summed E-state index contributed by atoms with van der Waals surface area (Å²) in [7, 11) is 0. The number of H-pyrrole nitrogens is 1. The Hall–Kier alpha value is -2.73. The van der Waals surface area contributed by atoms with E-state index in [9.17, 15) is 9.59 Å². The standard InChI is InChI=1S/C15H12ClN3O3/c16-11-3-4-13-9(7-11)6-10(8-22-13)14(20)18-19-15(21)12-2-1-5-17-12/h1-7,17H,8H2,(H,18,20)(H,19,21). The van der Waals surface area contributed by atoms with Crippen molar-refractivity contribution < 1.29 is 14.3 Å². The number of amides is 2. The number of rotatable bonds is 2. The zero-order valence-electron chi connectivity index (χ0n) is 11.4. The Morgan fingerprint density at radius 3 is 2.77 bits per heavy atom. The van der Waals surface area contributed by atoms with Crippen LogP contribution in [0.25, 0.3) is 6.08 Å². The number of carbonyl (C=O) groups excluding carboxylic acids is 2. The third kappa shape index (κ3) is 2.96. The maximum atomic E-state index is 12.0. The van der Waals surface area contributed by atoms with Crippen molar-refractivity contribution in [3.8, 4) is 5.75 Å². The van der Waals surface area contributed by atoms with Crippen LogP contribution >= 0.6 is 11.6 Å². The lowest BCUT2D eigenvalue weighted by Crippen LogP contribution is -2.43. The molecule has 0 saturated heterocycles. The molecule has 0 spiro atoms. The number of ether oxygens (including phenoxy) is 1. The summed E-state index contributed by atoms with van der Waals surface area (Å²) in [6, 6.07) is 8.46. The number of fused-ring (bicyclic) bond motifs is 1. The van der Waals surface area contributed by atoms with E-state index < -0.39 is 11.8 Å². The fourth-order valence-electron chi connectivity index (χ4n) is 2.01. The van der Waals surface area contributed by atoms with Gasteiger partial charge in [-0.25, -0.2) is 0 Å². The van der Waals surface area contributed by atoms with Gasteiger partial charge in [-0.2, -0.15) is 0 Å². The molecule has 6 nitrogen and oxygen atoms in total. The van der Waals surface area contributed by atoms with Crippen LogP contribution in [0.4, 0.5) is 0 Å². The van der Waals surface area contributed by atoms with Crippen molar-refractivity contribution >= 4 is 29.5 Å². The summed E-state index contributed by atoms with van der Waals surface area (Å²) in [4.78, 5) is 26.5. The first-order chi connectivity index (χ1) is 10.6. The van der Waals surface area contributed by atoms with E-state index in [-0.39, 0.29) is 6.61 Å². The molecule has 2 aromatic rings. The van der Waals surface area contributed by atoms with Crippen LogP contribution < -0.4 is 15.6 Å². The number of benzene rings is 1. The number of hydrazine groups is 1. The van der Waals surface area contributed by atoms with Crippen molar-refractivity contribution in [1.29, 1.82) is 0 Å². The smallest absolute Gasteiger partial charge is 0.286 e. The van der Waals surface area contributed by atoms with Crippen LogP contribution in [0, 0.1) is 0 Å². The summed E-state index contributed by atoms with van der Waals surface area (Å²) >= 11 is 5.92. The van der Waals surface area contributed by atoms with Gasteiger partial charge >= 0.3 is 0 Å². The van der Waals surface area contributed by atoms with Crippen molar-refractivity contribution in [3.05, 3.63) is 58.4 Å². The first-order valence-corrected chi connectivity index (χ1v) is 6.88. The Kier molecular flexibility index (Phi) is 3.84. The molecule has 0 unspecified atom stereocenters. The molecule has 7 heteroatoms. The van der Waals surface area contributed by atoms with Crippen LogP contribution in [-0.2, 0) is 4.79 Å². The summed E-state index contributed by atoms with van der Waals surface area (Å²) < 4.78 is 5.48. The van der Waals surface area contributed by atoms with Gasteiger partial charge in [-0.15, -0.1) is 0 Å². The SMILES string of the molecule is O=C(NNC(=O)c1ccc[nH]1)C1=Cc2cc(Cl)ccc2OC1. The second-order valence-corrected chi connectivity index (χ2v) is 5.07. The molecule has 22 heavy (non-hydrogen) atoms. The molecule has 3 N–H and O–H groups in total. The second kappa shape index (κ2) is 5.95. The molecule has 0 radical (unpaired) electrons.